The summed E-state index contributed by atoms with van der Waals surface area (Å²) in [5, 5.41) is 27.2. The van der Waals surface area contributed by atoms with Crippen LogP contribution in [0.15, 0.2) is 18.2 Å². The summed E-state index contributed by atoms with van der Waals surface area (Å²) in [6.07, 6.45) is -2.63. The highest BCUT2D eigenvalue weighted by atomic mass is 19.1. The second kappa shape index (κ2) is 5.06. The van der Waals surface area contributed by atoms with Crippen LogP contribution in [0.4, 0.5) is 4.39 Å². The van der Waals surface area contributed by atoms with Gasteiger partial charge in [-0.2, -0.15) is 0 Å². The topological polar surface area (TPSA) is 69.9 Å². The van der Waals surface area contributed by atoms with E-state index in [1.807, 2.05) is 0 Å². The average molecular weight is 216 g/mol. The molecule has 0 saturated heterocycles. The number of hydrogen-bond donors (Lipinski definition) is 3. The maximum Gasteiger partial charge on any atom is 0.165 e. The summed E-state index contributed by atoms with van der Waals surface area (Å²) in [4.78, 5) is 0. The number of benzene rings is 1. The molecule has 0 radical (unpaired) electrons. The van der Waals surface area contributed by atoms with Gasteiger partial charge in [0.25, 0.3) is 0 Å². The molecule has 4 nitrogen and oxygen atoms in total. The van der Waals surface area contributed by atoms with Crippen molar-refractivity contribution in [1.82, 2.24) is 0 Å². The number of rotatable bonds is 4. The van der Waals surface area contributed by atoms with Gasteiger partial charge < -0.3 is 20.1 Å². The summed E-state index contributed by atoms with van der Waals surface area (Å²) in [6.45, 7) is -0.588. The number of hydrogen-bond acceptors (Lipinski definition) is 4. The molecule has 15 heavy (non-hydrogen) atoms. The number of aliphatic hydroxyl groups is 3. The van der Waals surface area contributed by atoms with Gasteiger partial charge in [-0.15, -0.1) is 0 Å². The van der Waals surface area contributed by atoms with Crippen molar-refractivity contribution in [3.05, 3.63) is 29.6 Å². The first-order valence-corrected chi connectivity index (χ1v) is 4.40. The van der Waals surface area contributed by atoms with Crippen molar-refractivity contribution in [2.75, 3.05) is 13.7 Å². The fraction of sp³-hybridized carbons (Fsp3) is 0.400. The molecule has 3 N–H and O–H groups in total. The highest BCUT2D eigenvalue weighted by molar-refractivity contribution is 5.30. The second-order valence-electron chi connectivity index (χ2n) is 3.09. The van der Waals surface area contributed by atoms with Gasteiger partial charge in [0.05, 0.1) is 13.7 Å². The van der Waals surface area contributed by atoms with E-state index in [0.717, 1.165) is 6.07 Å². The third-order valence-electron chi connectivity index (χ3n) is 2.07. The first-order valence-electron chi connectivity index (χ1n) is 4.40. The molecule has 84 valence electrons. The smallest absolute Gasteiger partial charge is 0.165 e. The van der Waals surface area contributed by atoms with Crippen LogP contribution in [-0.4, -0.2) is 35.1 Å². The van der Waals surface area contributed by atoms with E-state index in [-0.39, 0.29) is 11.3 Å². The Bertz CT molecular complexity index is 329. The molecular weight excluding hydrogens is 203 g/mol. The number of ether oxygens (including phenoxy) is 1. The van der Waals surface area contributed by atoms with E-state index in [0.29, 0.717) is 0 Å². The van der Waals surface area contributed by atoms with Gasteiger partial charge in [0.2, 0.25) is 0 Å². The Balaban J connectivity index is 2.92. The fourth-order valence-corrected chi connectivity index (χ4v) is 1.19. The summed E-state index contributed by atoms with van der Waals surface area (Å²) in [7, 11) is 1.33. The van der Waals surface area contributed by atoms with E-state index in [1.54, 1.807) is 0 Å². The van der Waals surface area contributed by atoms with Crippen LogP contribution in [-0.2, 0) is 0 Å². The number of methoxy groups -OCH3 is 1. The SMILES string of the molecule is COc1ccc(C(O)C(O)CO)cc1F. The molecule has 0 fully saturated rings. The number of aliphatic hydroxyl groups excluding tert-OH is 3. The predicted molar refractivity (Wildman–Crippen MR) is 51.0 cm³/mol. The van der Waals surface area contributed by atoms with Crippen LogP contribution in [0.25, 0.3) is 0 Å². The van der Waals surface area contributed by atoms with E-state index < -0.39 is 24.6 Å². The highest BCUT2D eigenvalue weighted by Gasteiger charge is 2.18. The molecule has 0 aromatic heterocycles. The Hall–Kier alpha value is -1.17. The molecular formula is C10H13FO4. The van der Waals surface area contributed by atoms with Crippen LogP contribution < -0.4 is 4.74 Å². The summed E-state index contributed by atoms with van der Waals surface area (Å²) in [6, 6.07) is 3.83. The zero-order chi connectivity index (χ0) is 11.4. The summed E-state index contributed by atoms with van der Waals surface area (Å²) in [5.41, 5.74) is 0.190. The molecule has 0 amide bonds. The Morgan fingerprint density at radius 2 is 2.07 bits per heavy atom. The molecule has 0 aliphatic rings. The molecule has 2 atom stereocenters. The van der Waals surface area contributed by atoms with E-state index in [1.165, 1.54) is 19.2 Å². The minimum absolute atomic E-state index is 0.0597. The van der Waals surface area contributed by atoms with Crippen LogP contribution in [0.3, 0.4) is 0 Å². The first kappa shape index (κ1) is 11.9. The van der Waals surface area contributed by atoms with Gasteiger partial charge in [0.1, 0.15) is 12.2 Å². The normalized spacial score (nSPS) is 14.7. The van der Waals surface area contributed by atoms with Gasteiger partial charge in [-0.05, 0) is 17.7 Å². The summed E-state index contributed by atoms with van der Waals surface area (Å²) < 4.78 is 17.9. The molecule has 0 heterocycles. The lowest BCUT2D eigenvalue weighted by Gasteiger charge is -2.16. The molecule has 0 spiro atoms. The maximum absolute atomic E-state index is 13.2. The lowest BCUT2D eigenvalue weighted by Crippen LogP contribution is -2.22. The Morgan fingerprint density at radius 3 is 2.53 bits per heavy atom. The van der Waals surface area contributed by atoms with Crippen molar-refractivity contribution in [2.45, 2.75) is 12.2 Å². The third kappa shape index (κ3) is 2.65. The summed E-state index contributed by atoms with van der Waals surface area (Å²) in [5.74, 6) is -0.566. The fourth-order valence-electron chi connectivity index (χ4n) is 1.19. The van der Waals surface area contributed by atoms with Crippen LogP contribution in [0.2, 0.25) is 0 Å². The van der Waals surface area contributed by atoms with E-state index in [9.17, 15) is 9.50 Å². The van der Waals surface area contributed by atoms with Gasteiger partial charge in [-0.1, -0.05) is 6.07 Å². The first-order chi connectivity index (χ1) is 7.10. The van der Waals surface area contributed by atoms with E-state index in [4.69, 9.17) is 14.9 Å². The van der Waals surface area contributed by atoms with Gasteiger partial charge in [0.15, 0.2) is 11.6 Å². The maximum atomic E-state index is 13.2. The predicted octanol–water partition coefficient (Wildman–Crippen LogP) is 0.221. The third-order valence-corrected chi connectivity index (χ3v) is 2.07. The molecule has 0 aliphatic carbocycles. The average Bonchev–Trinajstić information content (AvgIpc) is 2.26. The highest BCUT2D eigenvalue weighted by Crippen LogP contribution is 2.23. The van der Waals surface area contributed by atoms with Gasteiger partial charge in [-0.25, -0.2) is 4.39 Å². The zero-order valence-corrected chi connectivity index (χ0v) is 8.22. The van der Waals surface area contributed by atoms with Crippen molar-refractivity contribution in [2.24, 2.45) is 0 Å². The molecule has 0 bridgehead atoms. The Kier molecular flexibility index (Phi) is 4.02. The van der Waals surface area contributed by atoms with Crippen LogP contribution in [0, 0.1) is 5.82 Å². The molecule has 1 aromatic rings. The van der Waals surface area contributed by atoms with Crippen molar-refractivity contribution in [1.29, 1.82) is 0 Å². The molecule has 0 saturated carbocycles. The standard InChI is InChI=1S/C10H13FO4/c1-15-9-3-2-6(4-7(9)11)10(14)8(13)5-12/h2-4,8,10,12-14H,5H2,1H3. The lowest BCUT2D eigenvalue weighted by molar-refractivity contribution is -0.0154. The van der Waals surface area contributed by atoms with Crippen molar-refractivity contribution in [3.63, 3.8) is 0 Å². The lowest BCUT2D eigenvalue weighted by atomic mass is 10.0. The van der Waals surface area contributed by atoms with Gasteiger partial charge in [0, 0.05) is 0 Å². The van der Waals surface area contributed by atoms with Gasteiger partial charge in [-0.3, -0.25) is 0 Å². The van der Waals surface area contributed by atoms with E-state index >= 15 is 0 Å². The monoisotopic (exact) mass is 216 g/mol. The van der Waals surface area contributed by atoms with Crippen molar-refractivity contribution in [3.8, 4) is 5.75 Å². The minimum Gasteiger partial charge on any atom is -0.494 e. The Morgan fingerprint density at radius 1 is 1.40 bits per heavy atom. The van der Waals surface area contributed by atoms with Crippen molar-refractivity contribution < 1.29 is 24.4 Å². The molecule has 5 heteroatoms. The molecule has 1 rings (SSSR count). The van der Waals surface area contributed by atoms with Crippen LogP contribution in [0.5, 0.6) is 5.75 Å². The second-order valence-corrected chi connectivity index (χ2v) is 3.09. The largest absolute Gasteiger partial charge is 0.494 e. The molecule has 0 aliphatic heterocycles. The van der Waals surface area contributed by atoms with Gasteiger partial charge >= 0.3 is 0 Å². The minimum atomic E-state index is -1.32. The Labute approximate surface area is 86.6 Å². The number of halogens is 1. The molecule has 1 aromatic carbocycles. The van der Waals surface area contributed by atoms with Crippen molar-refractivity contribution >= 4 is 0 Å². The van der Waals surface area contributed by atoms with Crippen LogP contribution in [0.1, 0.15) is 11.7 Å². The zero-order valence-electron chi connectivity index (χ0n) is 8.22. The van der Waals surface area contributed by atoms with E-state index in [2.05, 4.69) is 0 Å². The molecule has 2 unspecified atom stereocenters. The quantitative estimate of drug-likeness (QED) is 0.673. The van der Waals surface area contributed by atoms with Crippen LogP contribution >= 0.6 is 0 Å². The summed E-state index contributed by atoms with van der Waals surface area (Å²) >= 11 is 0.